The minimum absolute atomic E-state index is 0.00386. The van der Waals surface area contributed by atoms with E-state index < -0.39 is 9.05 Å². The van der Waals surface area contributed by atoms with E-state index in [0.717, 1.165) is 16.7 Å². The lowest BCUT2D eigenvalue weighted by molar-refractivity contribution is 0.610. The molecule has 1 heterocycles. The maximum atomic E-state index is 11.4. The Morgan fingerprint density at radius 2 is 1.76 bits per heavy atom. The van der Waals surface area contributed by atoms with Gasteiger partial charge in [-0.05, 0) is 26.0 Å². The molecule has 90 valence electrons. The first-order valence-corrected chi connectivity index (χ1v) is 7.25. The monoisotopic (exact) mass is 270 g/mol. The molecule has 0 saturated heterocycles. The van der Waals surface area contributed by atoms with Gasteiger partial charge in [-0.15, -0.1) is 0 Å². The van der Waals surface area contributed by atoms with Gasteiger partial charge in [0.05, 0.1) is 11.9 Å². The number of halogens is 1. The molecule has 17 heavy (non-hydrogen) atoms. The number of aromatic nitrogens is 2. The van der Waals surface area contributed by atoms with Crippen molar-refractivity contribution in [2.45, 2.75) is 18.7 Å². The maximum Gasteiger partial charge on any atom is 0.265 e. The van der Waals surface area contributed by atoms with Gasteiger partial charge >= 0.3 is 0 Å². The Morgan fingerprint density at radius 1 is 1.18 bits per heavy atom. The number of rotatable bonds is 2. The normalized spacial score (nSPS) is 11.7. The second-order valence-corrected chi connectivity index (χ2v) is 6.46. The van der Waals surface area contributed by atoms with E-state index in [9.17, 15) is 8.42 Å². The number of nitrogens with one attached hydrogen (secondary N) is 1. The molecule has 1 aromatic carbocycles. The summed E-state index contributed by atoms with van der Waals surface area (Å²) in [5, 5.41) is 6.41. The number of benzene rings is 1. The molecule has 0 atom stereocenters. The number of H-pyrrole nitrogens is 1. The van der Waals surface area contributed by atoms with Crippen molar-refractivity contribution in [1.29, 1.82) is 0 Å². The Kier molecular flexibility index (Phi) is 2.97. The summed E-state index contributed by atoms with van der Waals surface area (Å²) in [7, 11) is 1.56. The zero-order valence-electron chi connectivity index (χ0n) is 9.36. The fraction of sp³-hybridized carbons (Fsp3) is 0.182. The van der Waals surface area contributed by atoms with Crippen LogP contribution < -0.4 is 0 Å². The number of hydrogen-bond acceptors (Lipinski definition) is 3. The molecule has 0 fully saturated rings. The lowest BCUT2D eigenvalue weighted by Crippen LogP contribution is -1.92. The van der Waals surface area contributed by atoms with Gasteiger partial charge in [0.2, 0.25) is 0 Å². The summed E-state index contributed by atoms with van der Waals surface area (Å²) < 4.78 is 22.7. The molecule has 2 aromatic rings. The van der Waals surface area contributed by atoms with Gasteiger partial charge in [0, 0.05) is 16.2 Å². The molecule has 0 unspecified atom stereocenters. The van der Waals surface area contributed by atoms with Crippen molar-refractivity contribution in [3.05, 3.63) is 35.5 Å². The highest BCUT2D eigenvalue weighted by atomic mass is 35.7. The van der Waals surface area contributed by atoms with Crippen LogP contribution >= 0.6 is 10.7 Å². The lowest BCUT2D eigenvalue weighted by atomic mass is 10.1. The zero-order chi connectivity index (χ0) is 12.6. The van der Waals surface area contributed by atoms with Crippen molar-refractivity contribution in [1.82, 2.24) is 10.2 Å². The van der Waals surface area contributed by atoms with E-state index in [4.69, 9.17) is 10.7 Å². The first kappa shape index (κ1) is 12.1. The first-order valence-electron chi connectivity index (χ1n) is 4.94. The summed E-state index contributed by atoms with van der Waals surface area (Å²) in [6.45, 7) is 3.89. The Labute approximate surface area is 104 Å². The van der Waals surface area contributed by atoms with Crippen molar-refractivity contribution < 1.29 is 8.42 Å². The standard InChI is InChI=1S/C11H11ClN2O2S/c1-7-3-8(2)5-9(4-7)11-10(6-13-14-11)17(12,15)16/h3-6H,1-2H3,(H,13,14). The molecule has 0 spiro atoms. The molecule has 0 radical (unpaired) electrons. The topological polar surface area (TPSA) is 62.8 Å². The summed E-state index contributed by atoms with van der Waals surface area (Å²) in [5.74, 6) is 0. The van der Waals surface area contributed by atoms with Crippen LogP contribution in [0, 0.1) is 13.8 Å². The summed E-state index contributed by atoms with van der Waals surface area (Å²) in [6.07, 6.45) is 1.22. The van der Waals surface area contributed by atoms with Gasteiger partial charge < -0.3 is 0 Å². The Balaban J connectivity index is 2.66. The Hall–Kier alpha value is -1.33. The summed E-state index contributed by atoms with van der Waals surface area (Å²) >= 11 is 0. The van der Waals surface area contributed by atoms with Crippen LogP contribution in [0.15, 0.2) is 29.3 Å². The second-order valence-electron chi connectivity index (χ2n) is 3.92. The average Bonchev–Trinajstić information content (AvgIpc) is 2.63. The van der Waals surface area contributed by atoms with Crippen molar-refractivity contribution >= 4 is 19.7 Å². The largest absolute Gasteiger partial charge is 0.276 e. The van der Waals surface area contributed by atoms with E-state index in [1.54, 1.807) is 0 Å². The van der Waals surface area contributed by atoms with E-state index in [0.29, 0.717) is 5.69 Å². The van der Waals surface area contributed by atoms with Crippen molar-refractivity contribution in [3.8, 4) is 11.3 Å². The summed E-state index contributed by atoms with van der Waals surface area (Å²) in [6, 6.07) is 5.77. The highest BCUT2D eigenvalue weighted by molar-refractivity contribution is 8.13. The highest BCUT2D eigenvalue weighted by Crippen LogP contribution is 2.28. The van der Waals surface area contributed by atoms with Gasteiger partial charge in [-0.3, -0.25) is 5.10 Å². The number of hydrogen-bond donors (Lipinski definition) is 1. The van der Waals surface area contributed by atoms with E-state index in [-0.39, 0.29) is 4.90 Å². The van der Waals surface area contributed by atoms with Gasteiger partial charge in [-0.25, -0.2) is 8.42 Å². The van der Waals surface area contributed by atoms with E-state index in [1.807, 2.05) is 32.0 Å². The molecule has 6 heteroatoms. The lowest BCUT2D eigenvalue weighted by Gasteiger charge is -2.04. The number of aromatic amines is 1. The molecular formula is C11H11ClN2O2S. The van der Waals surface area contributed by atoms with Crippen LogP contribution in [0.2, 0.25) is 0 Å². The van der Waals surface area contributed by atoms with Crippen molar-refractivity contribution in [2.24, 2.45) is 0 Å². The Morgan fingerprint density at radius 3 is 2.29 bits per heavy atom. The second kappa shape index (κ2) is 4.16. The predicted molar refractivity (Wildman–Crippen MR) is 66.5 cm³/mol. The number of nitrogens with zero attached hydrogens (tertiary/aromatic N) is 1. The van der Waals surface area contributed by atoms with Crippen LogP contribution in [0.1, 0.15) is 11.1 Å². The minimum Gasteiger partial charge on any atom is -0.276 e. The quantitative estimate of drug-likeness (QED) is 0.853. The van der Waals surface area contributed by atoms with Crippen molar-refractivity contribution in [3.63, 3.8) is 0 Å². The van der Waals surface area contributed by atoms with Gasteiger partial charge in [0.25, 0.3) is 9.05 Å². The minimum atomic E-state index is -3.79. The van der Waals surface area contributed by atoms with Crippen LogP contribution in [0.4, 0.5) is 0 Å². The Bertz CT molecular complexity index is 642. The molecule has 1 aromatic heterocycles. The summed E-state index contributed by atoms with van der Waals surface area (Å²) in [4.78, 5) is 0.00386. The SMILES string of the molecule is Cc1cc(C)cc(-c2[nH]ncc2S(=O)(=O)Cl)c1. The van der Waals surface area contributed by atoms with Gasteiger partial charge in [-0.2, -0.15) is 5.10 Å². The van der Waals surface area contributed by atoms with E-state index in [1.165, 1.54) is 6.20 Å². The van der Waals surface area contributed by atoms with Gasteiger partial charge in [0.1, 0.15) is 4.90 Å². The zero-order valence-corrected chi connectivity index (χ0v) is 10.9. The molecule has 0 aliphatic carbocycles. The third-order valence-electron chi connectivity index (χ3n) is 2.38. The molecule has 0 aliphatic rings. The smallest absolute Gasteiger partial charge is 0.265 e. The molecule has 0 saturated carbocycles. The molecule has 0 amide bonds. The van der Waals surface area contributed by atoms with Crippen molar-refractivity contribution in [2.75, 3.05) is 0 Å². The molecule has 4 nitrogen and oxygen atoms in total. The average molecular weight is 271 g/mol. The van der Waals surface area contributed by atoms with E-state index >= 15 is 0 Å². The van der Waals surface area contributed by atoms with E-state index in [2.05, 4.69) is 10.2 Å². The van der Waals surface area contributed by atoms with Crippen LogP contribution in [0.5, 0.6) is 0 Å². The third-order valence-corrected chi connectivity index (χ3v) is 3.71. The fourth-order valence-electron chi connectivity index (χ4n) is 1.79. The van der Waals surface area contributed by atoms with Crippen LogP contribution in [-0.2, 0) is 9.05 Å². The predicted octanol–water partition coefficient (Wildman–Crippen LogP) is 2.62. The fourth-order valence-corrected chi connectivity index (χ4v) is 2.72. The maximum absolute atomic E-state index is 11.4. The molecule has 2 rings (SSSR count). The van der Waals surface area contributed by atoms with Gasteiger partial charge in [0.15, 0.2) is 0 Å². The third kappa shape index (κ3) is 2.50. The van der Waals surface area contributed by atoms with Gasteiger partial charge in [-0.1, -0.05) is 17.2 Å². The summed E-state index contributed by atoms with van der Waals surface area (Å²) in [5.41, 5.74) is 3.28. The molecule has 1 N–H and O–H groups in total. The molecular weight excluding hydrogens is 260 g/mol. The van der Waals surface area contributed by atoms with Crippen LogP contribution in [0.25, 0.3) is 11.3 Å². The molecule has 0 bridgehead atoms. The number of aryl methyl sites for hydroxylation is 2. The highest BCUT2D eigenvalue weighted by Gasteiger charge is 2.19. The molecule has 0 aliphatic heterocycles. The van der Waals surface area contributed by atoms with Crippen LogP contribution in [0.3, 0.4) is 0 Å². The van der Waals surface area contributed by atoms with Crippen LogP contribution in [-0.4, -0.2) is 18.6 Å². The first-order chi connectivity index (χ1) is 7.88.